The molecule has 74 valence electrons. The van der Waals surface area contributed by atoms with E-state index in [1.807, 2.05) is 0 Å². The summed E-state index contributed by atoms with van der Waals surface area (Å²) in [4.78, 5) is 21.5. The van der Waals surface area contributed by atoms with E-state index in [0.29, 0.717) is 6.54 Å². The molecule has 1 atom stereocenters. The lowest BCUT2D eigenvalue weighted by Crippen LogP contribution is -2.47. The van der Waals surface area contributed by atoms with Gasteiger partial charge in [0.1, 0.15) is 6.04 Å². The Morgan fingerprint density at radius 2 is 2.08 bits per heavy atom. The van der Waals surface area contributed by atoms with Crippen LogP contribution in [-0.4, -0.2) is 24.5 Å². The number of nitrogens with two attached hydrogens (primary N) is 1. The molecule has 0 aromatic heterocycles. The average molecular weight is 185 g/mol. The Kier molecular flexibility index (Phi) is 4.58. The van der Waals surface area contributed by atoms with Crippen LogP contribution in [0.2, 0.25) is 0 Å². The standard InChI is InChI=1S/C8H15N3O2/c1-5(2)4-10-7(12)6(3)11-8(9)13/h6H,1,4H2,2-3H3,(H,10,12)(H3,9,11,13). The Morgan fingerprint density at radius 3 is 2.46 bits per heavy atom. The molecule has 0 aliphatic carbocycles. The fourth-order valence-corrected chi connectivity index (χ4v) is 0.670. The zero-order valence-corrected chi connectivity index (χ0v) is 7.89. The SMILES string of the molecule is C=C(C)CNC(=O)C(C)NC(N)=O. The van der Waals surface area contributed by atoms with Crippen LogP contribution in [0.4, 0.5) is 4.79 Å². The molecular formula is C8H15N3O2. The predicted molar refractivity (Wildman–Crippen MR) is 50.0 cm³/mol. The molecule has 0 radical (unpaired) electrons. The van der Waals surface area contributed by atoms with Crippen molar-refractivity contribution in [3.05, 3.63) is 12.2 Å². The van der Waals surface area contributed by atoms with Gasteiger partial charge in [0, 0.05) is 6.54 Å². The van der Waals surface area contributed by atoms with Crippen molar-refractivity contribution >= 4 is 11.9 Å². The highest BCUT2D eigenvalue weighted by Crippen LogP contribution is 1.85. The van der Waals surface area contributed by atoms with E-state index >= 15 is 0 Å². The lowest BCUT2D eigenvalue weighted by atomic mass is 10.3. The Labute approximate surface area is 77.4 Å². The molecule has 0 fully saturated rings. The first kappa shape index (κ1) is 11.5. The number of hydrogen-bond acceptors (Lipinski definition) is 2. The van der Waals surface area contributed by atoms with Crippen molar-refractivity contribution in [1.82, 2.24) is 10.6 Å². The monoisotopic (exact) mass is 185 g/mol. The van der Waals surface area contributed by atoms with E-state index in [1.165, 1.54) is 0 Å². The van der Waals surface area contributed by atoms with E-state index in [0.717, 1.165) is 5.57 Å². The molecule has 0 aromatic carbocycles. The topological polar surface area (TPSA) is 84.2 Å². The minimum absolute atomic E-state index is 0.276. The van der Waals surface area contributed by atoms with Crippen LogP contribution in [0.5, 0.6) is 0 Å². The normalized spacial score (nSPS) is 11.5. The zero-order chi connectivity index (χ0) is 10.4. The van der Waals surface area contributed by atoms with Crippen molar-refractivity contribution in [2.75, 3.05) is 6.54 Å². The summed E-state index contributed by atoms with van der Waals surface area (Å²) in [6, 6.07) is -1.32. The summed E-state index contributed by atoms with van der Waals surface area (Å²) in [5.41, 5.74) is 5.69. The smallest absolute Gasteiger partial charge is 0.312 e. The molecule has 4 N–H and O–H groups in total. The molecule has 13 heavy (non-hydrogen) atoms. The number of primary amides is 1. The highest BCUT2D eigenvalue weighted by molar-refractivity contribution is 5.86. The maximum Gasteiger partial charge on any atom is 0.312 e. The van der Waals surface area contributed by atoms with Crippen molar-refractivity contribution in [3.63, 3.8) is 0 Å². The lowest BCUT2D eigenvalue weighted by molar-refractivity contribution is -0.122. The van der Waals surface area contributed by atoms with Crippen LogP contribution in [-0.2, 0) is 4.79 Å². The fourth-order valence-electron chi connectivity index (χ4n) is 0.670. The molecule has 0 saturated heterocycles. The minimum Gasteiger partial charge on any atom is -0.352 e. The van der Waals surface area contributed by atoms with Crippen LogP contribution >= 0.6 is 0 Å². The van der Waals surface area contributed by atoms with Gasteiger partial charge < -0.3 is 16.4 Å². The second-order valence-corrected chi connectivity index (χ2v) is 2.91. The Bertz CT molecular complexity index is 225. The number of urea groups is 1. The van der Waals surface area contributed by atoms with Gasteiger partial charge in [-0.25, -0.2) is 4.79 Å². The van der Waals surface area contributed by atoms with Crippen molar-refractivity contribution in [2.24, 2.45) is 5.73 Å². The Morgan fingerprint density at radius 1 is 1.54 bits per heavy atom. The summed E-state index contributed by atoms with van der Waals surface area (Å²) in [5, 5.41) is 4.84. The van der Waals surface area contributed by atoms with Gasteiger partial charge in [0.25, 0.3) is 0 Å². The summed E-state index contributed by atoms with van der Waals surface area (Å²) in [6.45, 7) is 7.38. The Hall–Kier alpha value is -1.52. The van der Waals surface area contributed by atoms with Crippen molar-refractivity contribution in [3.8, 4) is 0 Å². The minimum atomic E-state index is -0.710. The second-order valence-electron chi connectivity index (χ2n) is 2.91. The molecule has 5 nitrogen and oxygen atoms in total. The summed E-state index contributed by atoms with van der Waals surface area (Å²) in [7, 11) is 0. The molecule has 0 rings (SSSR count). The van der Waals surface area contributed by atoms with E-state index in [1.54, 1.807) is 13.8 Å². The van der Waals surface area contributed by atoms with Gasteiger partial charge >= 0.3 is 6.03 Å². The van der Waals surface area contributed by atoms with Gasteiger partial charge in [-0.1, -0.05) is 12.2 Å². The largest absolute Gasteiger partial charge is 0.352 e. The van der Waals surface area contributed by atoms with Gasteiger partial charge in [-0.05, 0) is 13.8 Å². The third-order valence-electron chi connectivity index (χ3n) is 1.32. The number of rotatable bonds is 4. The maximum absolute atomic E-state index is 11.2. The van der Waals surface area contributed by atoms with E-state index in [9.17, 15) is 9.59 Å². The van der Waals surface area contributed by atoms with Gasteiger partial charge in [0.2, 0.25) is 5.91 Å². The van der Waals surface area contributed by atoms with Crippen molar-refractivity contribution in [2.45, 2.75) is 19.9 Å². The van der Waals surface area contributed by atoms with Crippen molar-refractivity contribution < 1.29 is 9.59 Å². The molecule has 1 unspecified atom stereocenters. The lowest BCUT2D eigenvalue weighted by Gasteiger charge is -2.11. The first-order valence-corrected chi connectivity index (χ1v) is 3.91. The first-order valence-electron chi connectivity index (χ1n) is 3.91. The van der Waals surface area contributed by atoms with Gasteiger partial charge in [-0.3, -0.25) is 4.79 Å². The second kappa shape index (κ2) is 5.18. The number of hydrogen-bond donors (Lipinski definition) is 3. The summed E-state index contributed by atoms with van der Waals surface area (Å²) in [6.07, 6.45) is 0. The van der Waals surface area contributed by atoms with E-state index in [-0.39, 0.29) is 5.91 Å². The zero-order valence-electron chi connectivity index (χ0n) is 7.89. The van der Waals surface area contributed by atoms with E-state index < -0.39 is 12.1 Å². The van der Waals surface area contributed by atoms with Crippen LogP contribution in [0.3, 0.4) is 0 Å². The highest BCUT2D eigenvalue weighted by atomic mass is 16.2. The number of carbonyl (C=O) groups is 2. The van der Waals surface area contributed by atoms with Crippen LogP contribution < -0.4 is 16.4 Å². The average Bonchev–Trinajstić information content (AvgIpc) is 1.98. The highest BCUT2D eigenvalue weighted by Gasteiger charge is 2.12. The molecule has 3 amide bonds. The quantitative estimate of drug-likeness (QED) is 0.527. The van der Waals surface area contributed by atoms with Gasteiger partial charge in [-0.2, -0.15) is 0 Å². The third kappa shape index (κ3) is 5.72. The molecule has 5 heteroatoms. The van der Waals surface area contributed by atoms with Crippen LogP contribution in [0.25, 0.3) is 0 Å². The molecule has 0 bridgehead atoms. The van der Waals surface area contributed by atoms with Crippen molar-refractivity contribution in [1.29, 1.82) is 0 Å². The van der Waals surface area contributed by atoms with E-state index in [4.69, 9.17) is 5.73 Å². The summed E-state index contributed by atoms with van der Waals surface area (Å²) in [5.74, 6) is -0.276. The van der Waals surface area contributed by atoms with Crippen LogP contribution in [0, 0.1) is 0 Å². The predicted octanol–water partition coefficient (Wildman–Crippen LogP) is -0.264. The Balaban J connectivity index is 3.82. The third-order valence-corrected chi connectivity index (χ3v) is 1.32. The number of nitrogens with one attached hydrogen (secondary N) is 2. The van der Waals surface area contributed by atoms with Crippen LogP contribution in [0.1, 0.15) is 13.8 Å². The fraction of sp³-hybridized carbons (Fsp3) is 0.500. The molecule has 0 aromatic rings. The first-order chi connectivity index (χ1) is 5.93. The summed E-state index contributed by atoms with van der Waals surface area (Å²) < 4.78 is 0. The van der Waals surface area contributed by atoms with Gasteiger partial charge in [0.05, 0.1) is 0 Å². The van der Waals surface area contributed by atoms with Crippen LogP contribution in [0.15, 0.2) is 12.2 Å². The molecule has 0 saturated carbocycles. The molecule has 0 spiro atoms. The number of amides is 3. The van der Waals surface area contributed by atoms with Gasteiger partial charge in [-0.15, -0.1) is 0 Å². The molecule has 0 aliphatic rings. The molecule has 0 aliphatic heterocycles. The summed E-state index contributed by atoms with van der Waals surface area (Å²) >= 11 is 0. The maximum atomic E-state index is 11.2. The van der Waals surface area contributed by atoms with Gasteiger partial charge in [0.15, 0.2) is 0 Å². The van der Waals surface area contributed by atoms with E-state index in [2.05, 4.69) is 17.2 Å². The molecular weight excluding hydrogens is 170 g/mol. The number of carbonyl (C=O) groups excluding carboxylic acids is 2. The molecule has 0 heterocycles.